The third-order valence-corrected chi connectivity index (χ3v) is 7.83. The van der Waals surface area contributed by atoms with E-state index in [9.17, 15) is 0 Å². The van der Waals surface area contributed by atoms with Gasteiger partial charge in [0.1, 0.15) is 17.2 Å². The maximum atomic E-state index is 8.96. The van der Waals surface area contributed by atoms with Crippen LogP contribution in [0.5, 0.6) is 17.2 Å². The Morgan fingerprint density at radius 3 is 1.33 bits per heavy atom. The second-order valence-corrected chi connectivity index (χ2v) is 11.3. The average Bonchev–Trinajstić information content (AvgIpc) is 3.05. The summed E-state index contributed by atoms with van der Waals surface area (Å²) in [7, 11) is 0. The first-order valence-electron chi connectivity index (χ1n) is 16.3. The number of nitriles is 1. The van der Waals surface area contributed by atoms with Crippen LogP contribution in [0.4, 0.5) is 0 Å². The molecule has 0 aromatic heterocycles. The van der Waals surface area contributed by atoms with Crippen molar-refractivity contribution in [3.05, 3.63) is 90.5 Å². The van der Waals surface area contributed by atoms with Crippen LogP contribution in [-0.4, -0.2) is 19.8 Å². The Bertz CT molecular complexity index is 1390. The highest BCUT2D eigenvalue weighted by Gasteiger charge is 2.03. The van der Waals surface area contributed by atoms with Crippen LogP contribution < -0.4 is 14.2 Å². The number of benzene rings is 4. The van der Waals surface area contributed by atoms with E-state index in [2.05, 4.69) is 61.5 Å². The number of rotatable bonds is 20. The Morgan fingerprint density at radius 1 is 0.465 bits per heavy atom. The minimum atomic E-state index is 0.677. The van der Waals surface area contributed by atoms with Crippen LogP contribution in [0.2, 0.25) is 0 Å². The molecule has 4 nitrogen and oxygen atoms in total. The van der Waals surface area contributed by atoms with Crippen LogP contribution in [0.3, 0.4) is 0 Å². The van der Waals surface area contributed by atoms with Gasteiger partial charge in [-0.1, -0.05) is 101 Å². The molecule has 0 heterocycles. The summed E-state index contributed by atoms with van der Waals surface area (Å²) >= 11 is 0. The first kappa shape index (κ1) is 32.0. The highest BCUT2D eigenvalue weighted by Crippen LogP contribution is 2.26. The van der Waals surface area contributed by atoms with E-state index in [4.69, 9.17) is 19.5 Å². The average molecular weight is 578 g/mol. The second-order valence-electron chi connectivity index (χ2n) is 11.3. The minimum absolute atomic E-state index is 0.677. The van der Waals surface area contributed by atoms with Crippen LogP contribution >= 0.6 is 0 Å². The lowest BCUT2D eigenvalue weighted by atomic mass is 10.0. The molecule has 0 fully saturated rings. The smallest absolute Gasteiger partial charge is 0.119 e. The Hall–Kier alpha value is -3.97. The van der Waals surface area contributed by atoms with Crippen molar-refractivity contribution in [3.63, 3.8) is 0 Å². The highest BCUT2D eigenvalue weighted by molar-refractivity contribution is 5.85. The van der Waals surface area contributed by atoms with Crippen LogP contribution in [-0.2, 0) is 0 Å². The van der Waals surface area contributed by atoms with E-state index in [1.54, 1.807) is 0 Å². The van der Waals surface area contributed by atoms with E-state index in [0.717, 1.165) is 67.5 Å². The first-order chi connectivity index (χ1) is 21.2. The molecule has 4 rings (SSSR count). The fourth-order valence-electron chi connectivity index (χ4n) is 5.23. The van der Waals surface area contributed by atoms with Crippen molar-refractivity contribution >= 4 is 10.8 Å². The molecule has 0 saturated carbocycles. The van der Waals surface area contributed by atoms with Gasteiger partial charge in [-0.15, -0.1) is 0 Å². The molecule has 0 bridgehead atoms. The molecule has 0 spiro atoms. The van der Waals surface area contributed by atoms with E-state index in [-0.39, 0.29) is 0 Å². The summed E-state index contributed by atoms with van der Waals surface area (Å²) in [5.41, 5.74) is 2.91. The molecule has 0 amide bonds. The summed E-state index contributed by atoms with van der Waals surface area (Å²) in [5, 5.41) is 11.3. The zero-order chi connectivity index (χ0) is 30.0. The molecule has 226 valence electrons. The molecular weight excluding hydrogens is 530 g/mol. The number of fused-ring (bicyclic) bond motifs is 1. The molecule has 0 radical (unpaired) electrons. The van der Waals surface area contributed by atoms with Crippen molar-refractivity contribution in [1.29, 1.82) is 5.26 Å². The summed E-state index contributed by atoms with van der Waals surface area (Å²) < 4.78 is 18.0. The summed E-state index contributed by atoms with van der Waals surface area (Å²) in [4.78, 5) is 0. The maximum Gasteiger partial charge on any atom is 0.119 e. The van der Waals surface area contributed by atoms with Crippen molar-refractivity contribution in [1.82, 2.24) is 0 Å². The van der Waals surface area contributed by atoms with Crippen LogP contribution in [0.1, 0.15) is 89.5 Å². The van der Waals surface area contributed by atoms with Gasteiger partial charge in [0, 0.05) is 0 Å². The molecule has 4 aromatic rings. The maximum absolute atomic E-state index is 8.96. The summed E-state index contributed by atoms with van der Waals surface area (Å²) in [6.07, 6.45) is 14.6. The van der Waals surface area contributed by atoms with E-state index >= 15 is 0 Å². The molecule has 0 unspecified atom stereocenters. The molecule has 0 atom stereocenters. The third kappa shape index (κ3) is 11.3. The first-order valence-corrected chi connectivity index (χ1v) is 16.3. The van der Waals surface area contributed by atoms with Crippen LogP contribution in [0, 0.1) is 11.3 Å². The SMILES string of the molecule is CCCCCCCCOc1ccc2cc(OCCCCCCCCOc3ccc(-c4ccc(C#N)cc4)cc3)ccc2c1. The second kappa shape index (κ2) is 18.5. The fraction of sp³-hybridized carbons (Fsp3) is 0.410. The Balaban J connectivity index is 1.02. The van der Waals surface area contributed by atoms with Crippen LogP contribution in [0.15, 0.2) is 84.9 Å². The van der Waals surface area contributed by atoms with Gasteiger partial charge in [0.15, 0.2) is 0 Å². The van der Waals surface area contributed by atoms with Crippen molar-refractivity contribution in [2.45, 2.75) is 84.0 Å². The minimum Gasteiger partial charge on any atom is -0.494 e. The molecular formula is C39H47NO3. The summed E-state index contributed by atoms with van der Waals surface area (Å²) in [6.45, 7) is 4.55. The number of nitrogens with zero attached hydrogens (tertiary/aromatic N) is 1. The molecule has 0 N–H and O–H groups in total. The number of ether oxygens (including phenoxy) is 3. The predicted octanol–water partition coefficient (Wildman–Crippen LogP) is 10.9. The van der Waals surface area contributed by atoms with Crippen molar-refractivity contribution in [2.75, 3.05) is 19.8 Å². The van der Waals surface area contributed by atoms with E-state index in [0.29, 0.717) is 5.56 Å². The van der Waals surface area contributed by atoms with Gasteiger partial charge in [0.2, 0.25) is 0 Å². The normalized spacial score (nSPS) is 10.9. The standard InChI is InChI=1S/C39H47NO3/c1-2-3-4-5-8-12-27-42-38-24-20-36-30-39(25-21-35(36)29-38)43-28-13-10-7-6-9-11-26-41-37-22-18-34(19-23-37)33-16-14-32(31-40)15-17-33/h14-25,29-30H,2-13,26-28H2,1H3. The fourth-order valence-corrected chi connectivity index (χ4v) is 5.23. The van der Waals surface area contributed by atoms with Crippen molar-refractivity contribution in [3.8, 4) is 34.4 Å². The third-order valence-electron chi connectivity index (χ3n) is 7.83. The molecule has 0 aliphatic carbocycles. The highest BCUT2D eigenvalue weighted by atomic mass is 16.5. The lowest BCUT2D eigenvalue weighted by Crippen LogP contribution is -1.99. The largest absolute Gasteiger partial charge is 0.494 e. The number of hydrogen-bond donors (Lipinski definition) is 0. The number of unbranched alkanes of at least 4 members (excludes halogenated alkanes) is 10. The molecule has 4 aromatic carbocycles. The summed E-state index contributed by atoms with van der Waals surface area (Å²) in [6, 6.07) is 30.7. The molecule has 43 heavy (non-hydrogen) atoms. The van der Waals surface area contributed by atoms with Gasteiger partial charge in [-0.3, -0.25) is 0 Å². The Kier molecular flexibility index (Phi) is 13.8. The van der Waals surface area contributed by atoms with E-state index < -0.39 is 0 Å². The van der Waals surface area contributed by atoms with Gasteiger partial charge in [0.25, 0.3) is 0 Å². The van der Waals surface area contributed by atoms with Gasteiger partial charge >= 0.3 is 0 Å². The van der Waals surface area contributed by atoms with Crippen molar-refractivity contribution in [2.24, 2.45) is 0 Å². The van der Waals surface area contributed by atoms with Gasteiger partial charge in [-0.05, 0) is 89.7 Å². The lowest BCUT2D eigenvalue weighted by Gasteiger charge is -2.10. The van der Waals surface area contributed by atoms with E-state index in [1.165, 1.54) is 68.6 Å². The Morgan fingerprint density at radius 2 is 0.860 bits per heavy atom. The zero-order valence-electron chi connectivity index (χ0n) is 25.9. The Labute approximate surface area is 258 Å². The van der Waals surface area contributed by atoms with E-state index in [1.807, 2.05) is 36.4 Å². The molecule has 0 saturated heterocycles. The monoisotopic (exact) mass is 577 g/mol. The zero-order valence-corrected chi connectivity index (χ0v) is 25.9. The number of hydrogen-bond acceptors (Lipinski definition) is 4. The lowest BCUT2D eigenvalue weighted by molar-refractivity contribution is 0.297. The predicted molar refractivity (Wildman–Crippen MR) is 178 cm³/mol. The molecule has 0 aliphatic heterocycles. The topological polar surface area (TPSA) is 51.5 Å². The van der Waals surface area contributed by atoms with Gasteiger partial charge in [-0.25, -0.2) is 0 Å². The van der Waals surface area contributed by atoms with Gasteiger partial charge in [-0.2, -0.15) is 5.26 Å². The quantitative estimate of drug-likeness (QED) is 0.0980. The van der Waals surface area contributed by atoms with Crippen molar-refractivity contribution < 1.29 is 14.2 Å². The summed E-state index contributed by atoms with van der Waals surface area (Å²) in [5.74, 6) is 2.80. The van der Waals surface area contributed by atoms with Crippen LogP contribution in [0.25, 0.3) is 21.9 Å². The molecule has 0 aliphatic rings. The molecule has 4 heteroatoms. The van der Waals surface area contributed by atoms with Gasteiger partial charge < -0.3 is 14.2 Å². The van der Waals surface area contributed by atoms with Gasteiger partial charge in [0.05, 0.1) is 31.5 Å².